The molecule has 1 heterocycles. The van der Waals surface area contributed by atoms with E-state index in [0.29, 0.717) is 49.0 Å². The van der Waals surface area contributed by atoms with Crippen LogP contribution in [0.2, 0.25) is 0 Å². The number of rotatable bonds is 7. The summed E-state index contributed by atoms with van der Waals surface area (Å²) in [5.74, 6) is 2.81. The van der Waals surface area contributed by atoms with Gasteiger partial charge in [0.05, 0.1) is 21.3 Å². The molecule has 0 aliphatic carbocycles. The van der Waals surface area contributed by atoms with Crippen LogP contribution in [0.5, 0.6) is 28.7 Å². The van der Waals surface area contributed by atoms with E-state index in [1.165, 1.54) is 21.3 Å². The molecule has 1 aliphatic heterocycles. The summed E-state index contributed by atoms with van der Waals surface area (Å²) in [4.78, 5) is 12.3. The van der Waals surface area contributed by atoms with Crippen molar-refractivity contribution in [2.24, 2.45) is 0 Å². The Morgan fingerprint density at radius 3 is 2.26 bits per heavy atom. The third-order valence-corrected chi connectivity index (χ3v) is 4.20. The second kappa shape index (κ2) is 8.53. The lowest BCUT2D eigenvalue weighted by molar-refractivity contribution is -0.116. The number of hydrogen-bond donors (Lipinski definition) is 1. The zero-order valence-electron chi connectivity index (χ0n) is 15.7. The Labute approximate surface area is 158 Å². The predicted octanol–water partition coefficient (Wildman–Crippen LogP) is 3.05. The molecule has 0 unspecified atom stereocenters. The SMILES string of the molecule is COc1cc(NC(=O)CCc2ccc3c(c2)OCCO3)cc(OC)c1OC. The van der Waals surface area contributed by atoms with Crippen LogP contribution in [0.3, 0.4) is 0 Å². The molecule has 2 aromatic rings. The zero-order chi connectivity index (χ0) is 19.2. The van der Waals surface area contributed by atoms with E-state index < -0.39 is 0 Å². The van der Waals surface area contributed by atoms with Crippen LogP contribution in [0.15, 0.2) is 30.3 Å². The van der Waals surface area contributed by atoms with Gasteiger partial charge in [-0.2, -0.15) is 0 Å². The van der Waals surface area contributed by atoms with E-state index in [1.807, 2.05) is 18.2 Å². The molecule has 7 nitrogen and oxygen atoms in total. The van der Waals surface area contributed by atoms with Gasteiger partial charge in [-0.05, 0) is 24.1 Å². The van der Waals surface area contributed by atoms with Gasteiger partial charge in [0.15, 0.2) is 23.0 Å². The Morgan fingerprint density at radius 1 is 0.963 bits per heavy atom. The number of hydrogen-bond acceptors (Lipinski definition) is 6. The van der Waals surface area contributed by atoms with Crippen molar-refractivity contribution in [3.8, 4) is 28.7 Å². The fourth-order valence-electron chi connectivity index (χ4n) is 2.88. The van der Waals surface area contributed by atoms with Gasteiger partial charge in [0.1, 0.15) is 13.2 Å². The molecule has 0 aromatic heterocycles. The van der Waals surface area contributed by atoms with Crippen molar-refractivity contribution >= 4 is 11.6 Å². The smallest absolute Gasteiger partial charge is 0.224 e. The molecular weight excluding hydrogens is 350 g/mol. The van der Waals surface area contributed by atoms with E-state index in [4.69, 9.17) is 23.7 Å². The highest BCUT2D eigenvalue weighted by molar-refractivity contribution is 5.91. The van der Waals surface area contributed by atoms with Crippen LogP contribution in [0.4, 0.5) is 5.69 Å². The largest absolute Gasteiger partial charge is 0.493 e. The van der Waals surface area contributed by atoms with Crippen LogP contribution in [0, 0.1) is 0 Å². The molecule has 0 saturated carbocycles. The standard InChI is InChI=1S/C20H23NO6/c1-23-17-11-14(12-18(24-2)20(17)25-3)21-19(22)7-5-13-4-6-15-16(10-13)27-9-8-26-15/h4,6,10-12H,5,7-9H2,1-3H3,(H,21,22). The predicted molar refractivity (Wildman–Crippen MR) is 100 cm³/mol. The second-order valence-electron chi connectivity index (χ2n) is 5.94. The minimum Gasteiger partial charge on any atom is -0.493 e. The van der Waals surface area contributed by atoms with Crippen molar-refractivity contribution in [3.63, 3.8) is 0 Å². The number of carbonyl (C=O) groups excluding carboxylic acids is 1. The van der Waals surface area contributed by atoms with E-state index in [-0.39, 0.29) is 5.91 Å². The molecule has 7 heteroatoms. The normalized spacial score (nSPS) is 12.3. The first-order valence-corrected chi connectivity index (χ1v) is 8.63. The molecule has 27 heavy (non-hydrogen) atoms. The van der Waals surface area contributed by atoms with Gasteiger partial charge < -0.3 is 29.0 Å². The fraction of sp³-hybridized carbons (Fsp3) is 0.350. The summed E-state index contributed by atoms with van der Waals surface area (Å²) in [5, 5.41) is 2.86. The first-order chi connectivity index (χ1) is 13.1. The quantitative estimate of drug-likeness (QED) is 0.804. The van der Waals surface area contributed by atoms with Crippen molar-refractivity contribution < 1.29 is 28.5 Å². The van der Waals surface area contributed by atoms with Gasteiger partial charge in [-0.15, -0.1) is 0 Å². The van der Waals surface area contributed by atoms with Gasteiger partial charge in [0, 0.05) is 24.2 Å². The Hall–Kier alpha value is -3.09. The Bertz CT molecular complexity index is 795. The average Bonchev–Trinajstić information content (AvgIpc) is 2.71. The van der Waals surface area contributed by atoms with Crippen LogP contribution >= 0.6 is 0 Å². The molecular formula is C20H23NO6. The zero-order valence-corrected chi connectivity index (χ0v) is 15.7. The Balaban J connectivity index is 1.64. The molecule has 1 amide bonds. The number of nitrogens with one attached hydrogen (secondary N) is 1. The van der Waals surface area contributed by atoms with Crippen molar-refractivity contribution in [1.29, 1.82) is 0 Å². The molecule has 144 valence electrons. The van der Waals surface area contributed by atoms with Crippen molar-refractivity contribution in [2.75, 3.05) is 39.9 Å². The maximum atomic E-state index is 12.3. The summed E-state index contributed by atoms with van der Waals surface area (Å²) in [7, 11) is 4.60. The molecule has 2 aromatic carbocycles. The summed E-state index contributed by atoms with van der Waals surface area (Å²) < 4.78 is 27.0. The van der Waals surface area contributed by atoms with E-state index in [1.54, 1.807) is 12.1 Å². The van der Waals surface area contributed by atoms with Crippen LogP contribution in [0.1, 0.15) is 12.0 Å². The number of anilines is 1. The number of methoxy groups -OCH3 is 3. The molecule has 0 bridgehead atoms. The molecule has 1 aliphatic rings. The number of fused-ring (bicyclic) bond motifs is 1. The average molecular weight is 373 g/mol. The van der Waals surface area contributed by atoms with Gasteiger partial charge in [-0.25, -0.2) is 0 Å². The van der Waals surface area contributed by atoms with Crippen molar-refractivity contribution in [2.45, 2.75) is 12.8 Å². The minimum atomic E-state index is -0.112. The molecule has 1 N–H and O–H groups in total. The number of amides is 1. The van der Waals surface area contributed by atoms with E-state index in [2.05, 4.69) is 5.32 Å². The highest BCUT2D eigenvalue weighted by Crippen LogP contribution is 2.40. The summed E-state index contributed by atoms with van der Waals surface area (Å²) in [6, 6.07) is 9.13. The molecule has 0 radical (unpaired) electrons. The van der Waals surface area contributed by atoms with Crippen LogP contribution in [-0.2, 0) is 11.2 Å². The number of carbonyl (C=O) groups is 1. The lowest BCUT2D eigenvalue weighted by Crippen LogP contribution is -2.16. The molecule has 0 saturated heterocycles. The third-order valence-electron chi connectivity index (χ3n) is 4.20. The van der Waals surface area contributed by atoms with Crippen molar-refractivity contribution in [1.82, 2.24) is 0 Å². The second-order valence-corrected chi connectivity index (χ2v) is 5.94. The highest BCUT2D eigenvalue weighted by Gasteiger charge is 2.15. The minimum absolute atomic E-state index is 0.112. The van der Waals surface area contributed by atoms with Crippen LogP contribution < -0.4 is 29.0 Å². The van der Waals surface area contributed by atoms with Gasteiger partial charge >= 0.3 is 0 Å². The lowest BCUT2D eigenvalue weighted by Gasteiger charge is -2.18. The number of benzene rings is 2. The van der Waals surface area contributed by atoms with E-state index in [9.17, 15) is 4.79 Å². The summed E-state index contributed by atoms with van der Waals surface area (Å²) >= 11 is 0. The maximum Gasteiger partial charge on any atom is 0.224 e. The van der Waals surface area contributed by atoms with Crippen LogP contribution in [-0.4, -0.2) is 40.5 Å². The van der Waals surface area contributed by atoms with Gasteiger partial charge in [-0.1, -0.05) is 6.07 Å². The summed E-state index contributed by atoms with van der Waals surface area (Å²) in [6.07, 6.45) is 0.920. The number of aryl methyl sites for hydroxylation is 1. The molecule has 3 rings (SSSR count). The summed E-state index contributed by atoms with van der Waals surface area (Å²) in [6.45, 7) is 1.10. The topological polar surface area (TPSA) is 75.3 Å². The Kier molecular flexibility index (Phi) is 5.90. The monoisotopic (exact) mass is 373 g/mol. The lowest BCUT2D eigenvalue weighted by atomic mass is 10.1. The first kappa shape index (κ1) is 18.7. The van der Waals surface area contributed by atoms with Crippen molar-refractivity contribution in [3.05, 3.63) is 35.9 Å². The fourth-order valence-corrected chi connectivity index (χ4v) is 2.88. The van der Waals surface area contributed by atoms with Gasteiger partial charge in [0.25, 0.3) is 0 Å². The summed E-state index contributed by atoms with van der Waals surface area (Å²) in [5.41, 5.74) is 1.59. The first-order valence-electron chi connectivity index (χ1n) is 8.63. The molecule has 0 spiro atoms. The molecule has 0 fully saturated rings. The maximum absolute atomic E-state index is 12.3. The number of ether oxygens (including phenoxy) is 5. The van der Waals surface area contributed by atoms with Gasteiger partial charge in [0.2, 0.25) is 11.7 Å². The third kappa shape index (κ3) is 4.36. The highest BCUT2D eigenvalue weighted by atomic mass is 16.6. The Morgan fingerprint density at radius 2 is 1.63 bits per heavy atom. The molecule has 0 atom stereocenters. The van der Waals surface area contributed by atoms with E-state index in [0.717, 1.165) is 17.1 Å². The van der Waals surface area contributed by atoms with Gasteiger partial charge in [-0.3, -0.25) is 4.79 Å². The van der Waals surface area contributed by atoms with E-state index >= 15 is 0 Å². The van der Waals surface area contributed by atoms with Crippen LogP contribution in [0.25, 0.3) is 0 Å².